The van der Waals surface area contributed by atoms with Crippen molar-refractivity contribution in [1.29, 1.82) is 0 Å². The Hall–Kier alpha value is -6.82. The van der Waals surface area contributed by atoms with E-state index in [1.807, 2.05) is 12.1 Å². The van der Waals surface area contributed by atoms with Crippen molar-refractivity contribution < 1.29 is 38.4 Å². The number of methoxy groups -OCH3 is 2. The fraction of sp³-hybridized carbons (Fsp3) is 0.348. The Labute approximate surface area is 361 Å². The maximum atomic E-state index is 14.5. The minimum absolute atomic E-state index is 0.00822. The lowest BCUT2D eigenvalue weighted by Gasteiger charge is -2.37. The van der Waals surface area contributed by atoms with Crippen molar-refractivity contribution in [2.75, 3.05) is 70.6 Å². The summed E-state index contributed by atoms with van der Waals surface area (Å²) in [5.41, 5.74) is 5.20. The van der Waals surface area contributed by atoms with Gasteiger partial charge in [0.05, 0.1) is 65.4 Å². The topological polar surface area (TPSA) is 189 Å². The summed E-state index contributed by atoms with van der Waals surface area (Å²) in [4.78, 5) is 57.9. The van der Waals surface area contributed by atoms with E-state index in [0.717, 1.165) is 30.8 Å². The highest BCUT2D eigenvalue weighted by molar-refractivity contribution is 6.27. The number of amides is 1. The van der Waals surface area contributed by atoms with Crippen LogP contribution in [0.15, 0.2) is 64.2 Å². The van der Waals surface area contributed by atoms with E-state index in [-0.39, 0.29) is 54.2 Å². The van der Waals surface area contributed by atoms with E-state index < -0.39 is 5.91 Å². The Morgan fingerprint density at radius 3 is 2.35 bits per heavy atom. The number of ether oxygens (including phenoxy) is 5. The molecule has 328 valence electrons. The third-order valence-electron chi connectivity index (χ3n) is 12.2. The predicted molar refractivity (Wildman–Crippen MR) is 237 cm³/mol. The van der Waals surface area contributed by atoms with E-state index in [9.17, 15) is 24.3 Å². The first-order valence-electron chi connectivity index (χ1n) is 20.9. The zero-order valence-electron chi connectivity index (χ0n) is 35.8. The number of nitrogens with one attached hydrogen (secondary N) is 3. The summed E-state index contributed by atoms with van der Waals surface area (Å²) in [5.74, 6) is 1.24. The van der Waals surface area contributed by atoms with Crippen LogP contribution >= 0.6 is 0 Å². The van der Waals surface area contributed by atoms with Gasteiger partial charge in [-0.2, -0.15) is 0 Å². The second-order valence-corrected chi connectivity index (χ2v) is 15.9. The average molecular weight is 860 g/mol. The first-order chi connectivity index (χ1) is 30.5. The molecule has 0 radical (unpaired) electrons. The maximum Gasteiger partial charge on any atom is 0.328 e. The van der Waals surface area contributed by atoms with Gasteiger partial charge in [-0.05, 0) is 74.0 Å². The Balaban J connectivity index is 1.02. The second kappa shape index (κ2) is 16.8. The Kier molecular flexibility index (Phi) is 11.1. The SMILES string of the molecule is COc1cc2c3c(n(CCCNCCO)c(=O)c2cc1OCc1ccc(C(=O)Nc2cc4c(cc2N2CCNC[C@H]2C)n(C)c(=O)n4C)c(OC)c1)-c1cc2c(cc1C3=O)OCO2. The molecule has 6 aromatic rings. The first kappa shape index (κ1) is 41.5. The minimum atomic E-state index is -0.394. The number of anilines is 2. The fourth-order valence-electron chi connectivity index (χ4n) is 8.91. The lowest BCUT2D eigenvalue weighted by atomic mass is 10.0. The molecule has 0 spiro atoms. The van der Waals surface area contributed by atoms with Gasteiger partial charge in [0.25, 0.3) is 11.5 Å². The van der Waals surface area contributed by atoms with Gasteiger partial charge >= 0.3 is 5.69 Å². The summed E-state index contributed by atoms with van der Waals surface area (Å²) >= 11 is 0. The number of rotatable bonds is 14. The van der Waals surface area contributed by atoms with E-state index in [4.69, 9.17) is 23.7 Å². The van der Waals surface area contributed by atoms with Crippen molar-refractivity contribution in [3.63, 3.8) is 0 Å². The number of nitrogens with zero attached hydrogens (tertiary/aromatic N) is 4. The van der Waals surface area contributed by atoms with Crippen molar-refractivity contribution in [2.24, 2.45) is 14.1 Å². The molecule has 0 saturated carbocycles. The van der Waals surface area contributed by atoms with Crippen molar-refractivity contribution in [3.05, 3.63) is 97.7 Å². The predicted octanol–water partition coefficient (Wildman–Crippen LogP) is 3.75. The number of pyridine rings is 1. The molecule has 4 N–H and O–H groups in total. The van der Waals surface area contributed by atoms with Crippen LogP contribution in [0, 0.1) is 0 Å². The van der Waals surface area contributed by atoms with Gasteiger partial charge in [0.1, 0.15) is 12.4 Å². The lowest BCUT2D eigenvalue weighted by molar-refractivity contribution is 0.102. The largest absolute Gasteiger partial charge is 0.496 e. The highest BCUT2D eigenvalue weighted by Gasteiger charge is 2.36. The number of benzene rings is 4. The Morgan fingerprint density at radius 1 is 0.889 bits per heavy atom. The zero-order chi connectivity index (χ0) is 44.1. The molecule has 4 aromatic carbocycles. The summed E-state index contributed by atoms with van der Waals surface area (Å²) in [7, 11) is 6.43. The second-order valence-electron chi connectivity index (χ2n) is 15.9. The number of hydrogen-bond donors (Lipinski definition) is 4. The molecule has 9 rings (SSSR count). The number of aromatic nitrogens is 3. The van der Waals surface area contributed by atoms with Gasteiger partial charge in [0.2, 0.25) is 6.79 Å². The van der Waals surface area contributed by atoms with Gasteiger partial charge in [-0.3, -0.25) is 23.5 Å². The molecule has 17 nitrogen and oxygen atoms in total. The zero-order valence-corrected chi connectivity index (χ0v) is 35.8. The molecule has 0 bridgehead atoms. The van der Waals surface area contributed by atoms with Crippen LogP contribution < -0.4 is 55.8 Å². The van der Waals surface area contributed by atoms with Crippen LogP contribution in [0.3, 0.4) is 0 Å². The van der Waals surface area contributed by atoms with Gasteiger partial charge in [-0.25, -0.2) is 4.79 Å². The minimum Gasteiger partial charge on any atom is -0.496 e. The number of piperazine rings is 1. The Bertz CT molecular complexity index is 2950. The number of aryl methyl sites for hydroxylation is 2. The molecule has 1 atom stereocenters. The molecule has 63 heavy (non-hydrogen) atoms. The molecule has 2 aliphatic heterocycles. The third kappa shape index (κ3) is 7.20. The molecular formula is C46H49N7O10. The molecule has 1 fully saturated rings. The van der Waals surface area contributed by atoms with Gasteiger partial charge < -0.3 is 54.2 Å². The third-order valence-corrected chi connectivity index (χ3v) is 12.2. The summed E-state index contributed by atoms with van der Waals surface area (Å²) in [5, 5.41) is 19.6. The van der Waals surface area contributed by atoms with Crippen LogP contribution in [0.25, 0.3) is 33.1 Å². The highest BCUT2D eigenvalue weighted by Crippen LogP contribution is 2.47. The van der Waals surface area contributed by atoms with Crippen molar-refractivity contribution in [1.82, 2.24) is 24.3 Å². The number of imidazole rings is 1. The average Bonchev–Trinajstić information content (AvgIpc) is 3.94. The summed E-state index contributed by atoms with van der Waals surface area (Å²) < 4.78 is 33.9. The van der Waals surface area contributed by atoms with Crippen LogP contribution in [0.5, 0.6) is 28.7 Å². The maximum absolute atomic E-state index is 14.5. The number of carbonyl (C=O) groups is 2. The molecule has 4 heterocycles. The smallest absolute Gasteiger partial charge is 0.328 e. The summed E-state index contributed by atoms with van der Waals surface area (Å²) in [6, 6.07) is 15.8. The van der Waals surface area contributed by atoms with Gasteiger partial charge in [0.15, 0.2) is 28.8 Å². The van der Waals surface area contributed by atoms with Crippen LogP contribution in [0.2, 0.25) is 0 Å². The van der Waals surface area contributed by atoms with Crippen LogP contribution in [0.4, 0.5) is 11.4 Å². The van der Waals surface area contributed by atoms with E-state index in [0.29, 0.717) is 99.2 Å². The number of fused-ring (bicyclic) bond motifs is 7. The van der Waals surface area contributed by atoms with Gasteiger partial charge in [-0.15, -0.1) is 0 Å². The van der Waals surface area contributed by atoms with Gasteiger partial charge in [0, 0.05) is 69.4 Å². The quantitative estimate of drug-likeness (QED) is 0.116. The van der Waals surface area contributed by atoms with E-state index >= 15 is 0 Å². The van der Waals surface area contributed by atoms with E-state index in [1.54, 1.807) is 70.3 Å². The number of aliphatic hydroxyl groups excluding tert-OH is 1. The van der Waals surface area contributed by atoms with Crippen molar-refractivity contribution >= 4 is 44.9 Å². The van der Waals surface area contributed by atoms with E-state index in [2.05, 4.69) is 27.8 Å². The molecule has 2 aromatic heterocycles. The summed E-state index contributed by atoms with van der Waals surface area (Å²) in [6.45, 7) is 5.71. The first-order valence-corrected chi connectivity index (χ1v) is 20.9. The highest BCUT2D eigenvalue weighted by atomic mass is 16.7. The number of hydrogen-bond acceptors (Lipinski definition) is 13. The monoisotopic (exact) mass is 859 g/mol. The Morgan fingerprint density at radius 2 is 1.62 bits per heavy atom. The normalized spacial score (nSPS) is 15.2. The summed E-state index contributed by atoms with van der Waals surface area (Å²) in [6.07, 6.45) is 0.557. The number of carbonyl (C=O) groups excluding carboxylic acids is 2. The van der Waals surface area contributed by atoms with E-state index in [1.165, 1.54) is 14.2 Å². The number of ketones is 1. The molecular weight excluding hydrogens is 811 g/mol. The standard InChI is InChI=1S/C46H49N7O10/c1-25-22-48-10-13-52(25)33-21-35-34(50(2)46(58)51(35)3)20-32(33)49-44(56)27-8-7-26(15-36(27)59-4)23-61-38-19-31-28(16-37(38)60-5)41-42(53(45(31)57)12-6-9-47-11-14-54)29-17-39-40(63-24-62-39)18-30(29)43(41)55/h7-8,15-21,25,47-48,54H,6,9-14,22-24H2,1-5H3,(H,49,56)/t25-/m1/s1. The van der Waals surface area contributed by atoms with Crippen molar-refractivity contribution in [3.8, 4) is 40.0 Å². The fourth-order valence-corrected chi connectivity index (χ4v) is 8.91. The van der Waals surface area contributed by atoms with Crippen LogP contribution in [0.1, 0.15) is 45.2 Å². The van der Waals surface area contributed by atoms with Crippen molar-refractivity contribution in [2.45, 2.75) is 32.5 Å². The van der Waals surface area contributed by atoms with Gasteiger partial charge in [-0.1, -0.05) is 6.07 Å². The molecule has 17 heteroatoms. The van der Waals surface area contributed by atoms with Crippen LogP contribution in [-0.4, -0.2) is 96.9 Å². The molecule has 1 aliphatic carbocycles. The molecule has 1 saturated heterocycles. The lowest BCUT2D eigenvalue weighted by Crippen LogP contribution is -2.50. The molecule has 3 aliphatic rings. The molecule has 0 unspecified atom stereocenters. The molecule has 1 amide bonds. The van der Waals surface area contributed by atoms with Crippen LogP contribution in [-0.2, 0) is 27.2 Å². The number of aliphatic hydroxyl groups is 1.